The van der Waals surface area contributed by atoms with Crippen molar-refractivity contribution in [3.05, 3.63) is 20.8 Å². The maximum absolute atomic E-state index is 12.5. The van der Waals surface area contributed by atoms with E-state index in [2.05, 4.69) is 15.3 Å². The van der Waals surface area contributed by atoms with Crippen LogP contribution >= 0.6 is 0 Å². The standard InChI is InChI=1S/C18H29N5O4/c1-11(2)27-10-13(24)9-23-14-15(22(3)18(26)21-16(14)25)20-17(23)19-12-7-5-4-6-8-12/h11-13,24H,4-10H2,1-3H3,(H,19,20)(H,21,25,26). The van der Waals surface area contributed by atoms with Gasteiger partial charge in [-0.05, 0) is 26.7 Å². The van der Waals surface area contributed by atoms with Crippen LogP contribution in [0.25, 0.3) is 11.2 Å². The first kappa shape index (κ1) is 19.6. The Morgan fingerprint density at radius 3 is 2.67 bits per heavy atom. The minimum Gasteiger partial charge on any atom is -0.389 e. The normalized spacial score (nSPS) is 16.9. The van der Waals surface area contributed by atoms with Gasteiger partial charge in [-0.1, -0.05) is 19.3 Å². The molecule has 1 atom stereocenters. The lowest BCUT2D eigenvalue weighted by Gasteiger charge is -2.24. The summed E-state index contributed by atoms with van der Waals surface area (Å²) >= 11 is 0. The van der Waals surface area contributed by atoms with Crippen molar-refractivity contribution in [2.24, 2.45) is 7.05 Å². The maximum atomic E-state index is 12.5. The maximum Gasteiger partial charge on any atom is 0.329 e. The molecule has 0 bridgehead atoms. The molecule has 9 heteroatoms. The molecule has 1 fully saturated rings. The van der Waals surface area contributed by atoms with E-state index in [4.69, 9.17) is 4.74 Å². The molecule has 0 amide bonds. The highest BCUT2D eigenvalue weighted by molar-refractivity contribution is 5.74. The number of aromatic amines is 1. The summed E-state index contributed by atoms with van der Waals surface area (Å²) in [7, 11) is 1.57. The number of aliphatic hydroxyl groups is 1. The van der Waals surface area contributed by atoms with Gasteiger partial charge in [-0.3, -0.25) is 14.3 Å². The van der Waals surface area contributed by atoms with Crippen LogP contribution in [-0.2, 0) is 18.3 Å². The molecule has 1 unspecified atom stereocenters. The van der Waals surface area contributed by atoms with Gasteiger partial charge in [0.1, 0.15) is 0 Å². The molecule has 0 aliphatic heterocycles. The first-order chi connectivity index (χ1) is 12.9. The molecule has 0 aromatic carbocycles. The molecular formula is C18H29N5O4. The third-order valence-corrected chi connectivity index (χ3v) is 4.96. The first-order valence-corrected chi connectivity index (χ1v) is 9.62. The van der Waals surface area contributed by atoms with Crippen LogP contribution in [0.2, 0.25) is 0 Å². The van der Waals surface area contributed by atoms with Crippen molar-refractivity contribution in [3.8, 4) is 0 Å². The fraction of sp³-hybridized carbons (Fsp3) is 0.722. The van der Waals surface area contributed by atoms with Crippen molar-refractivity contribution in [2.75, 3.05) is 11.9 Å². The Morgan fingerprint density at radius 2 is 2.00 bits per heavy atom. The van der Waals surface area contributed by atoms with Gasteiger partial charge in [0.05, 0.1) is 25.4 Å². The summed E-state index contributed by atoms with van der Waals surface area (Å²) in [4.78, 5) is 31.2. The molecule has 27 heavy (non-hydrogen) atoms. The zero-order valence-corrected chi connectivity index (χ0v) is 16.2. The number of aliphatic hydroxyl groups excluding tert-OH is 1. The number of ether oxygens (including phenoxy) is 1. The fourth-order valence-corrected chi connectivity index (χ4v) is 3.52. The van der Waals surface area contributed by atoms with Gasteiger partial charge in [0.25, 0.3) is 5.56 Å². The molecule has 3 rings (SSSR count). The Hall–Kier alpha value is -2.13. The minimum absolute atomic E-state index is 0.00300. The molecule has 1 saturated carbocycles. The highest BCUT2D eigenvalue weighted by Gasteiger charge is 2.22. The van der Waals surface area contributed by atoms with E-state index in [0.29, 0.717) is 11.6 Å². The topological polar surface area (TPSA) is 114 Å². The molecule has 2 heterocycles. The highest BCUT2D eigenvalue weighted by atomic mass is 16.5. The van der Waals surface area contributed by atoms with Crippen LogP contribution in [0.5, 0.6) is 0 Å². The zero-order valence-electron chi connectivity index (χ0n) is 16.2. The van der Waals surface area contributed by atoms with Crippen LogP contribution in [0.15, 0.2) is 9.59 Å². The number of rotatable bonds is 7. The summed E-state index contributed by atoms with van der Waals surface area (Å²) in [6.07, 6.45) is 4.82. The predicted octanol–water partition coefficient (Wildman–Crippen LogP) is 0.954. The Balaban J connectivity index is 1.98. The van der Waals surface area contributed by atoms with E-state index in [1.54, 1.807) is 11.6 Å². The van der Waals surface area contributed by atoms with E-state index in [0.717, 1.165) is 25.7 Å². The van der Waals surface area contributed by atoms with E-state index in [1.807, 2.05) is 13.8 Å². The average Bonchev–Trinajstić information content (AvgIpc) is 2.97. The van der Waals surface area contributed by atoms with Crippen LogP contribution in [0.3, 0.4) is 0 Å². The van der Waals surface area contributed by atoms with E-state index < -0.39 is 17.4 Å². The van der Waals surface area contributed by atoms with Gasteiger partial charge in [0.15, 0.2) is 11.2 Å². The summed E-state index contributed by atoms with van der Waals surface area (Å²) in [6, 6.07) is 0.273. The van der Waals surface area contributed by atoms with Crippen LogP contribution in [-0.4, -0.2) is 49.1 Å². The SMILES string of the molecule is CC(C)OCC(O)Cn1c(NC2CCCCC2)nc2c1c(=O)[nH]c(=O)n2C. The lowest BCUT2D eigenvalue weighted by Crippen LogP contribution is -2.31. The van der Waals surface area contributed by atoms with E-state index >= 15 is 0 Å². The molecule has 3 N–H and O–H groups in total. The summed E-state index contributed by atoms with van der Waals surface area (Å²) in [5.74, 6) is 0.507. The highest BCUT2D eigenvalue weighted by Crippen LogP contribution is 2.23. The number of imidazole rings is 1. The number of anilines is 1. The summed E-state index contributed by atoms with van der Waals surface area (Å²) < 4.78 is 8.46. The number of H-pyrrole nitrogens is 1. The molecule has 1 aliphatic carbocycles. The number of hydrogen-bond acceptors (Lipinski definition) is 6. The van der Waals surface area contributed by atoms with Gasteiger partial charge in [-0.15, -0.1) is 0 Å². The van der Waals surface area contributed by atoms with Gasteiger partial charge in [0, 0.05) is 13.1 Å². The third-order valence-electron chi connectivity index (χ3n) is 4.96. The Kier molecular flexibility index (Phi) is 6.01. The quantitative estimate of drug-likeness (QED) is 0.660. The van der Waals surface area contributed by atoms with Gasteiger partial charge < -0.3 is 19.7 Å². The average molecular weight is 379 g/mol. The zero-order chi connectivity index (χ0) is 19.6. The van der Waals surface area contributed by atoms with Crippen LogP contribution < -0.4 is 16.6 Å². The smallest absolute Gasteiger partial charge is 0.329 e. The third kappa shape index (κ3) is 4.41. The van der Waals surface area contributed by atoms with Gasteiger partial charge >= 0.3 is 5.69 Å². The van der Waals surface area contributed by atoms with Gasteiger partial charge in [-0.2, -0.15) is 4.98 Å². The van der Waals surface area contributed by atoms with Crippen molar-refractivity contribution < 1.29 is 9.84 Å². The number of fused-ring (bicyclic) bond motifs is 1. The Bertz CT molecular complexity index is 892. The van der Waals surface area contributed by atoms with Gasteiger partial charge in [0.2, 0.25) is 5.95 Å². The van der Waals surface area contributed by atoms with Crippen molar-refractivity contribution in [1.29, 1.82) is 0 Å². The molecule has 0 radical (unpaired) electrons. The van der Waals surface area contributed by atoms with Crippen LogP contribution in [0, 0.1) is 0 Å². The van der Waals surface area contributed by atoms with E-state index in [1.165, 1.54) is 11.0 Å². The molecule has 0 saturated heterocycles. The number of hydrogen-bond donors (Lipinski definition) is 3. The lowest BCUT2D eigenvalue weighted by atomic mass is 9.96. The second-order valence-electron chi connectivity index (χ2n) is 7.55. The number of nitrogens with one attached hydrogen (secondary N) is 2. The van der Waals surface area contributed by atoms with Crippen molar-refractivity contribution in [1.82, 2.24) is 19.1 Å². The number of aryl methyl sites for hydroxylation is 1. The van der Waals surface area contributed by atoms with Crippen molar-refractivity contribution in [3.63, 3.8) is 0 Å². The van der Waals surface area contributed by atoms with E-state index in [9.17, 15) is 14.7 Å². The predicted molar refractivity (Wildman–Crippen MR) is 103 cm³/mol. The second-order valence-corrected chi connectivity index (χ2v) is 7.55. The fourth-order valence-electron chi connectivity index (χ4n) is 3.52. The molecule has 9 nitrogen and oxygen atoms in total. The monoisotopic (exact) mass is 379 g/mol. The summed E-state index contributed by atoms with van der Waals surface area (Å²) in [5.41, 5.74) is -0.433. The summed E-state index contributed by atoms with van der Waals surface area (Å²) in [6.45, 7) is 4.11. The molecule has 0 spiro atoms. The van der Waals surface area contributed by atoms with Gasteiger partial charge in [-0.25, -0.2) is 4.79 Å². The van der Waals surface area contributed by atoms with Crippen LogP contribution in [0.4, 0.5) is 5.95 Å². The van der Waals surface area contributed by atoms with Crippen LogP contribution in [0.1, 0.15) is 46.0 Å². The lowest BCUT2D eigenvalue weighted by molar-refractivity contribution is -0.000120. The minimum atomic E-state index is -0.798. The molecule has 1 aliphatic rings. The molecule has 2 aromatic heterocycles. The van der Waals surface area contributed by atoms with Crippen molar-refractivity contribution in [2.45, 2.75) is 70.7 Å². The molecule has 150 valence electrons. The Labute approximate surface area is 157 Å². The largest absolute Gasteiger partial charge is 0.389 e. The first-order valence-electron chi connectivity index (χ1n) is 9.62. The Morgan fingerprint density at radius 1 is 1.30 bits per heavy atom. The molecule has 2 aromatic rings. The number of aromatic nitrogens is 4. The number of nitrogens with zero attached hydrogens (tertiary/aromatic N) is 3. The van der Waals surface area contributed by atoms with Crippen molar-refractivity contribution >= 4 is 17.1 Å². The second kappa shape index (κ2) is 8.26. The summed E-state index contributed by atoms with van der Waals surface area (Å²) in [5, 5.41) is 13.8. The van der Waals surface area contributed by atoms with E-state index in [-0.39, 0.29) is 30.8 Å². The molecular weight excluding hydrogens is 350 g/mol.